The molecule has 166 valence electrons. The zero-order chi connectivity index (χ0) is 22.5. The lowest BCUT2D eigenvalue weighted by Gasteiger charge is -2.15. The molecule has 0 aliphatic carbocycles. The lowest BCUT2D eigenvalue weighted by atomic mass is 10.0. The molecule has 0 spiro atoms. The van der Waals surface area contributed by atoms with Gasteiger partial charge in [0.25, 0.3) is 0 Å². The third-order valence-electron chi connectivity index (χ3n) is 5.18. The normalized spacial score (nSPS) is 15.6. The van der Waals surface area contributed by atoms with Gasteiger partial charge in [0, 0.05) is 37.5 Å². The van der Waals surface area contributed by atoms with Gasteiger partial charge in [-0.25, -0.2) is 14.2 Å². The van der Waals surface area contributed by atoms with Gasteiger partial charge >= 0.3 is 6.09 Å². The maximum absolute atomic E-state index is 14.9. The lowest BCUT2D eigenvalue weighted by molar-refractivity contribution is -0.119. The molecule has 1 fully saturated rings. The largest absolute Gasteiger partial charge is 0.442 e. The first-order valence-corrected chi connectivity index (χ1v) is 10.3. The van der Waals surface area contributed by atoms with Crippen LogP contribution in [0.5, 0.6) is 0 Å². The number of imidazole rings is 1. The fraction of sp³-hybridized carbons (Fsp3) is 0.261. The van der Waals surface area contributed by atoms with E-state index in [1.807, 2.05) is 24.3 Å². The van der Waals surface area contributed by atoms with E-state index in [-0.39, 0.29) is 19.0 Å². The molecule has 2 amide bonds. The Bertz CT molecular complexity index is 1090. The number of aromatic amines is 1. The topological polar surface area (TPSA) is 99.4 Å². The number of amides is 2. The summed E-state index contributed by atoms with van der Waals surface area (Å²) >= 11 is 0. The van der Waals surface area contributed by atoms with E-state index >= 15 is 0 Å². The molecule has 32 heavy (non-hydrogen) atoms. The summed E-state index contributed by atoms with van der Waals surface area (Å²) in [6.07, 6.45) is 2.39. The van der Waals surface area contributed by atoms with Gasteiger partial charge < -0.3 is 20.4 Å². The van der Waals surface area contributed by atoms with E-state index in [1.165, 1.54) is 17.9 Å². The number of halogens is 1. The third-order valence-corrected chi connectivity index (χ3v) is 5.18. The highest BCUT2D eigenvalue weighted by molar-refractivity contribution is 5.90. The summed E-state index contributed by atoms with van der Waals surface area (Å²) in [4.78, 5) is 31.6. The van der Waals surface area contributed by atoms with Crippen LogP contribution < -0.4 is 15.5 Å². The number of hydrogen-bond acceptors (Lipinski definition) is 5. The Kier molecular flexibility index (Phi) is 6.46. The number of carbonyl (C=O) groups excluding carboxylic acids is 2. The second-order valence-corrected chi connectivity index (χ2v) is 7.59. The van der Waals surface area contributed by atoms with Crippen molar-refractivity contribution < 1.29 is 18.7 Å². The number of H-pyrrole nitrogens is 1. The summed E-state index contributed by atoms with van der Waals surface area (Å²) in [5.74, 6) is -0.625. The van der Waals surface area contributed by atoms with Gasteiger partial charge in [-0.2, -0.15) is 0 Å². The summed E-state index contributed by atoms with van der Waals surface area (Å²) in [7, 11) is 0. The van der Waals surface area contributed by atoms with E-state index in [4.69, 9.17) is 4.74 Å². The standard InChI is InChI=1S/C23H24FN5O3/c1-15(30)27-12-20-13-29(23(31)32-20)19-6-7-21(22(24)8-19)17-4-2-16(3-5-17)9-25-10-18-11-26-14-28-18/h2-8,11,14,20,25H,9-10,12-13H2,1H3,(H,26,28)(H,27,30)/t20-/m0/s1. The van der Waals surface area contributed by atoms with E-state index in [9.17, 15) is 14.0 Å². The summed E-state index contributed by atoms with van der Waals surface area (Å²) in [6, 6.07) is 12.3. The summed E-state index contributed by atoms with van der Waals surface area (Å²) < 4.78 is 20.1. The monoisotopic (exact) mass is 437 g/mol. The minimum atomic E-state index is -0.556. The van der Waals surface area contributed by atoms with Crippen molar-refractivity contribution in [1.82, 2.24) is 20.6 Å². The lowest BCUT2D eigenvalue weighted by Crippen LogP contribution is -2.33. The van der Waals surface area contributed by atoms with Gasteiger partial charge in [0.15, 0.2) is 0 Å². The van der Waals surface area contributed by atoms with Gasteiger partial charge in [-0.3, -0.25) is 9.69 Å². The van der Waals surface area contributed by atoms with Gasteiger partial charge in [0.1, 0.15) is 11.9 Å². The zero-order valence-corrected chi connectivity index (χ0v) is 17.6. The highest BCUT2D eigenvalue weighted by Crippen LogP contribution is 2.29. The molecule has 4 rings (SSSR count). The molecule has 2 aromatic carbocycles. The van der Waals surface area contributed by atoms with Crippen molar-refractivity contribution >= 4 is 17.7 Å². The van der Waals surface area contributed by atoms with Crippen LogP contribution in [0.25, 0.3) is 11.1 Å². The van der Waals surface area contributed by atoms with Gasteiger partial charge in [0.05, 0.1) is 25.1 Å². The molecule has 3 aromatic rings. The van der Waals surface area contributed by atoms with E-state index in [0.29, 0.717) is 24.3 Å². The van der Waals surface area contributed by atoms with Gasteiger partial charge in [0.2, 0.25) is 5.91 Å². The Hall–Kier alpha value is -3.72. The predicted molar refractivity (Wildman–Crippen MR) is 117 cm³/mol. The average Bonchev–Trinajstić information content (AvgIpc) is 3.42. The average molecular weight is 437 g/mol. The molecule has 1 aliphatic rings. The highest BCUT2D eigenvalue weighted by Gasteiger charge is 2.32. The number of nitrogens with one attached hydrogen (secondary N) is 3. The van der Waals surface area contributed by atoms with Crippen molar-refractivity contribution in [3.05, 3.63) is 72.1 Å². The number of ether oxygens (including phenoxy) is 1. The van der Waals surface area contributed by atoms with E-state index < -0.39 is 18.0 Å². The first-order valence-electron chi connectivity index (χ1n) is 10.3. The van der Waals surface area contributed by atoms with Gasteiger partial charge in [-0.15, -0.1) is 0 Å². The van der Waals surface area contributed by atoms with Crippen LogP contribution in [0.3, 0.4) is 0 Å². The minimum absolute atomic E-state index is 0.200. The summed E-state index contributed by atoms with van der Waals surface area (Å²) in [5, 5.41) is 5.94. The Morgan fingerprint density at radius 3 is 2.75 bits per heavy atom. The molecular weight excluding hydrogens is 413 g/mol. The number of hydrogen-bond donors (Lipinski definition) is 3. The number of aromatic nitrogens is 2. The number of rotatable bonds is 8. The Morgan fingerprint density at radius 1 is 1.25 bits per heavy atom. The van der Waals surface area contributed by atoms with Crippen LogP contribution in [-0.2, 0) is 22.6 Å². The summed E-state index contributed by atoms with van der Waals surface area (Å²) in [5.41, 5.74) is 3.70. The molecule has 3 N–H and O–H groups in total. The van der Waals surface area contributed by atoms with Crippen LogP contribution in [0.2, 0.25) is 0 Å². The van der Waals surface area contributed by atoms with Crippen molar-refractivity contribution in [3.8, 4) is 11.1 Å². The number of benzene rings is 2. The molecule has 9 heteroatoms. The maximum atomic E-state index is 14.9. The van der Waals surface area contributed by atoms with Crippen LogP contribution in [0, 0.1) is 5.82 Å². The molecule has 1 saturated heterocycles. The quantitative estimate of drug-likeness (QED) is 0.503. The second kappa shape index (κ2) is 9.61. The summed E-state index contributed by atoms with van der Waals surface area (Å²) in [6.45, 7) is 3.23. The van der Waals surface area contributed by atoms with Gasteiger partial charge in [-0.05, 0) is 29.3 Å². The second-order valence-electron chi connectivity index (χ2n) is 7.59. The van der Waals surface area contributed by atoms with Gasteiger partial charge in [-0.1, -0.05) is 24.3 Å². The van der Waals surface area contributed by atoms with Crippen LogP contribution in [0.15, 0.2) is 55.0 Å². The molecule has 0 bridgehead atoms. The molecule has 8 nitrogen and oxygen atoms in total. The SMILES string of the molecule is CC(=O)NC[C@H]1CN(c2ccc(-c3ccc(CNCc4cnc[nH]4)cc3)c(F)c2)C(=O)O1. The van der Waals surface area contributed by atoms with E-state index in [0.717, 1.165) is 16.8 Å². The number of nitrogens with zero attached hydrogens (tertiary/aromatic N) is 2. The van der Waals surface area contributed by atoms with Crippen molar-refractivity contribution in [1.29, 1.82) is 0 Å². The molecular formula is C23H24FN5O3. The van der Waals surface area contributed by atoms with Crippen molar-refractivity contribution in [3.63, 3.8) is 0 Å². The number of anilines is 1. The molecule has 0 saturated carbocycles. The van der Waals surface area contributed by atoms with Crippen LogP contribution >= 0.6 is 0 Å². The Morgan fingerprint density at radius 2 is 2.06 bits per heavy atom. The first kappa shape index (κ1) is 21.5. The van der Waals surface area contributed by atoms with E-state index in [1.54, 1.807) is 24.7 Å². The van der Waals surface area contributed by atoms with Crippen molar-refractivity contribution in [2.24, 2.45) is 0 Å². The fourth-order valence-electron chi connectivity index (χ4n) is 3.53. The maximum Gasteiger partial charge on any atom is 0.414 e. The third kappa shape index (κ3) is 5.12. The Labute approximate surface area is 184 Å². The number of carbonyl (C=O) groups is 2. The Balaban J connectivity index is 1.38. The molecule has 1 atom stereocenters. The van der Waals surface area contributed by atoms with Crippen LogP contribution in [-0.4, -0.2) is 41.2 Å². The molecule has 2 heterocycles. The number of cyclic esters (lactones) is 1. The van der Waals surface area contributed by atoms with Crippen molar-refractivity contribution in [2.45, 2.75) is 26.1 Å². The first-order chi connectivity index (χ1) is 15.5. The van der Waals surface area contributed by atoms with Crippen molar-refractivity contribution in [2.75, 3.05) is 18.0 Å². The zero-order valence-electron chi connectivity index (χ0n) is 17.6. The smallest absolute Gasteiger partial charge is 0.414 e. The van der Waals surface area contributed by atoms with Crippen LogP contribution in [0.4, 0.5) is 14.9 Å². The fourth-order valence-corrected chi connectivity index (χ4v) is 3.53. The molecule has 1 aromatic heterocycles. The van der Waals surface area contributed by atoms with Crippen LogP contribution in [0.1, 0.15) is 18.2 Å². The highest BCUT2D eigenvalue weighted by atomic mass is 19.1. The van der Waals surface area contributed by atoms with E-state index in [2.05, 4.69) is 20.6 Å². The molecule has 1 aliphatic heterocycles. The minimum Gasteiger partial charge on any atom is -0.442 e. The molecule has 0 unspecified atom stereocenters. The predicted octanol–water partition coefficient (Wildman–Crippen LogP) is 2.97. The molecule has 0 radical (unpaired) electrons.